The second-order valence-electron chi connectivity index (χ2n) is 7.65. The number of nitrogens with one attached hydrogen (secondary N) is 2. The minimum Gasteiger partial charge on any atom is -0.496 e. The summed E-state index contributed by atoms with van der Waals surface area (Å²) in [6.07, 6.45) is 0.921. The van der Waals surface area contributed by atoms with Gasteiger partial charge in [0.1, 0.15) is 5.75 Å². The number of amides is 2. The molecule has 2 aromatic heterocycles. The van der Waals surface area contributed by atoms with E-state index >= 15 is 0 Å². The summed E-state index contributed by atoms with van der Waals surface area (Å²) in [5.74, 6) is 4.72. The highest BCUT2D eigenvalue weighted by atomic mass is 19.1. The maximum absolute atomic E-state index is 14.1. The third kappa shape index (κ3) is 4.45. The van der Waals surface area contributed by atoms with Crippen LogP contribution in [0.3, 0.4) is 0 Å². The van der Waals surface area contributed by atoms with Crippen molar-refractivity contribution in [3.63, 3.8) is 0 Å². The quantitative estimate of drug-likeness (QED) is 0.432. The molecule has 3 aromatic rings. The van der Waals surface area contributed by atoms with Crippen molar-refractivity contribution in [3.8, 4) is 23.5 Å². The summed E-state index contributed by atoms with van der Waals surface area (Å²) in [6, 6.07) is 2.83. The first kappa shape index (κ1) is 22.9. The number of aromatic amines is 1. The van der Waals surface area contributed by atoms with Crippen molar-refractivity contribution in [1.29, 1.82) is 0 Å². The number of carbonyl (C=O) groups is 2. The van der Waals surface area contributed by atoms with Crippen molar-refractivity contribution in [3.05, 3.63) is 35.3 Å². The largest absolute Gasteiger partial charge is 0.496 e. The fraction of sp³-hybridized carbons (Fsp3) is 0.364. The first-order chi connectivity index (χ1) is 16.4. The Balaban J connectivity index is 1.66. The lowest BCUT2D eigenvalue weighted by Gasteiger charge is -2.18. The highest BCUT2D eigenvalue weighted by Gasteiger charge is 2.41. The van der Waals surface area contributed by atoms with Crippen LogP contribution in [0.2, 0.25) is 0 Å². The van der Waals surface area contributed by atoms with E-state index in [1.54, 1.807) is 12.1 Å². The van der Waals surface area contributed by atoms with E-state index < -0.39 is 23.9 Å². The molecule has 1 aliphatic heterocycles. The van der Waals surface area contributed by atoms with Crippen LogP contribution in [0.25, 0.3) is 10.8 Å². The van der Waals surface area contributed by atoms with Crippen LogP contribution in [-0.4, -0.2) is 63.4 Å². The van der Waals surface area contributed by atoms with Crippen LogP contribution >= 0.6 is 0 Å². The van der Waals surface area contributed by atoms with Crippen molar-refractivity contribution < 1.29 is 23.5 Å². The number of pyridine rings is 1. The van der Waals surface area contributed by atoms with Gasteiger partial charge in [-0.1, -0.05) is 17.9 Å². The Kier molecular flexibility index (Phi) is 6.53. The van der Waals surface area contributed by atoms with Gasteiger partial charge in [0.05, 0.1) is 24.8 Å². The lowest BCUT2D eigenvalue weighted by Crippen LogP contribution is -2.30. The molecule has 0 saturated carbocycles. The number of benzene rings is 1. The average molecular weight is 467 g/mol. The molecule has 0 bridgehead atoms. The third-order valence-corrected chi connectivity index (χ3v) is 5.70. The van der Waals surface area contributed by atoms with E-state index in [2.05, 4.69) is 42.8 Å². The zero-order valence-electron chi connectivity index (χ0n) is 18.5. The number of methoxy groups -OCH3 is 1. The van der Waals surface area contributed by atoms with Gasteiger partial charge < -0.3 is 20.5 Å². The normalized spacial score (nSPS) is 19.4. The van der Waals surface area contributed by atoms with E-state index in [1.807, 2.05) is 6.92 Å². The van der Waals surface area contributed by atoms with E-state index in [9.17, 15) is 14.0 Å². The summed E-state index contributed by atoms with van der Waals surface area (Å²) in [4.78, 5) is 28.0. The third-order valence-electron chi connectivity index (χ3n) is 5.70. The lowest BCUT2D eigenvalue weighted by atomic mass is 9.94. The van der Waals surface area contributed by atoms with Crippen LogP contribution in [0.4, 0.5) is 4.39 Å². The molecule has 0 unspecified atom stereocenters. The summed E-state index contributed by atoms with van der Waals surface area (Å²) in [6.45, 7) is 2.03. The van der Waals surface area contributed by atoms with Gasteiger partial charge in [-0.25, -0.2) is 9.37 Å². The van der Waals surface area contributed by atoms with Gasteiger partial charge in [0.2, 0.25) is 11.7 Å². The molecule has 1 aromatic carbocycles. The van der Waals surface area contributed by atoms with E-state index in [0.29, 0.717) is 29.2 Å². The molecule has 4 rings (SSSR count). The number of primary amides is 1. The zero-order valence-corrected chi connectivity index (χ0v) is 18.5. The molecule has 176 valence electrons. The van der Waals surface area contributed by atoms with Crippen LogP contribution in [0.15, 0.2) is 18.3 Å². The second kappa shape index (κ2) is 9.70. The molecule has 0 spiro atoms. The number of rotatable bonds is 7. The second-order valence-corrected chi connectivity index (χ2v) is 7.65. The zero-order chi connectivity index (χ0) is 24.2. The smallest absolute Gasteiger partial charge is 0.255 e. The first-order valence-electron chi connectivity index (χ1n) is 10.6. The number of nitrogens with zero attached hydrogens (tertiary/aromatic N) is 4. The molecule has 1 fully saturated rings. The number of hydrogen-bond acceptors (Lipinski definition) is 8. The number of halogens is 1. The molecule has 12 heteroatoms. The van der Waals surface area contributed by atoms with E-state index in [1.165, 1.54) is 13.3 Å². The molecule has 2 amide bonds. The van der Waals surface area contributed by atoms with Crippen molar-refractivity contribution in [2.75, 3.05) is 13.7 Å². The topological polar surface area (TPSA) is 158 Å². The summed E-state index contributed by atoms with van der Waals surface area (Å²) < 4.78 is 25.3. The minimum absolute atomic E-state index is 0.170. The van der Waals surface area contributed by atoms with Gasteiger partial charge in [0.15, 0.2) is 6.17 Å². The van der Waals surface area contributed by atoms with Crippen molar-refractivity contribution >= 4 is 22.6 Å². The van der Waals surface area contributed by atoms with Gasteiger partial charge in [-0.3, -0.25) is 9.59 Å². The Morgan fingerprint density at radius 2 is 2.12 bits per heavy atom. The number of nitrogens with two attached hydrogens (primary N) is 1. The van der Waals surface area contributed by atoms with Crippen LogP contribution in [0.1, 0.15) is 41.5 Å². The summed E-state index contributed by atoms with van der Waals surface area (Å²) in [7, 11) is 1.42. The van der Waals surface area contributed by atoms with Crippen LogP contribution in [0, 0.1) is 17.8 Å². The van der Waals surface area contributed by atoms with E-state index in [4.69, 9.17) is 15.2 Å². The predicted octanol–water partition coefficient (Wildman–Crippen LogP) is 0.887. The SMILES string of the molecule is CC[C@@H]1[C@H](F)C(=O)N[C@@H]1CCOc1ncc(C#Cc2nn[nH]n2)c2cc(C(N)=O)c(OC)cc12. The molecular formula is C22H22FN7O4. The van der Waals surface area contributed by atoms with Gasteiger partial charge in [0.25, 0.3) is 11.8 Å². The number of tetrazole rings is 1. The number of ether oxygens (including phenoxy) is 2. The molecule has 1 saturated heterocycles. The number of fused-ring (bicyclic) bond motifs is 1. The number of carbonyl (C=O) groups excluding carboxylic acids is 2. The van der Waals surface area contributed by atoms with Gasteiger partial charge in [-0.15, -0.1) is 5.10 Å². The lowest BCUT2D eigenvalue weighted by molar-refractivity contribution is -0.123. The average Bonchev–Trinajstić information content (AvgIpc) is 3.45. The highest BCUT2D eigenvalue weighted by Crippen LogP contribution is 2.33. The minimum atomic E-state index is -1.51. The van der Waals surface area contributed by atoms with Gasteiger partial charge in [-0.2, -0.15) is 5.21 Å². The van der Waals surface area contributed by atoms with Gasteiger partial charge in [-0.05, 0) is 29.7 Å². The molecule has 11 nitrogen and oxygen atoms in total. The van der Waals surface area contributed by atoms with Crippen LogP contribution in [0.5, 0.6) is 11.6 Å². The standard InChI is InChI=1S/C22H22FN7O4/c1-3-12-16(26-21(32)19(12)23)6-7-34-22-14-9-17(33-2)15(20(24)31)8-13(14)11(10-25-22)4-5-18-27-29-30-28-18/h8-10,12,16,19H,3,6-7H2,1-2H3,(H2,24,31)(H,26,32)(H,27,28,29,30)/t12-,16+,19-/m0/s1. The molecule has 0 radical (unpaired) electrons. The number of hydrogen-bond donors (Lipinski definition) is 3. The Hall–Kier alpha value is -4.27. The Labute approximate surface area is 193 Å². The molecular weight excluding hydrogens is 445 g/mol. The Bertz CT molecular complexity index is 1290. The number of H-pyrrole nitrogens is 1. The maximum Gasteiger partial charge on any atom is 0.255 e. The van der Waals surface area contributed by atoms with Crippen LogP contribution in [-0.2, 0) is 4.79 Å². The predicted molar refractivity (Wildman–Crippen MR) is 118 cm³/mol. The molecule has 34 heavy (non-hydrogen) atoms. The number of alkyl halides is 1. The Morgan fingerprint density at radius 1 is 1.29 bits per heavy atom. The van der Waals surface area contributed by atoms with Gasteiger partial charge >= 0.3 is 0 Å². The first-order valence-corrected chi connectivity index (χ1v) is 10.6. The molecule has 3 atom stereocenters. The van der Waals surface area contributed by atoms with E-state index in [-0.39, 0.29) is 35.7 Å². The monoisotopic (exact) mass is 467 g/mol. The summed E-state index contributed by atoms with van der Waals surface area (Å²) in [5, 5.41) is 17.1. The molecule has 4 N–H and O–H groups in total. The van der Waals surface area contributed by atoms with Crippen molar-refractivity contribution in [2.45, 2.75) is 32.0 Å². The molecule has 0 aliphatic carbocycles. The fourth-order valence-electron chi connectivity index (χ4n) is 3.98. The van der Waals surface area contributed by atoms with E-state index in [0.717, 1.165) is 0 Å². The Morgan fingerprint density at radius 3 is 2.79 bits per heavy atom. The van der Waals surface area contributed by atoms with Crippen molar-refractivity contribution in [2.24, 2.45) is 11.7 Å². The summed E-state index contributed by atoms with van der Waals surface area (Å²) >= 11 is 0. The number of aromatic nitrogens is 5. The fourth-order valence-corrected chi connectivity index (χ4v) is 3.98. The van der Waals surface area contributed by atoms with Crippen LogP contribution < -0.4 is 20.5 Å². The highest BCUT2D eigenvalue weighted by molar-refractivity contribution is 6.03. The molecule has 3 heterocycles. The van der Waals surface area contributed by atoms with Gasteiger partial charge in [0, 0.05) is 35.3 Å². The van der Waals surface area contributed by atoms with Crippen molar-refractivity contribution in [1.82, 2.24) is 30.9 Å². The summed E-state index contributed by atoms with van der Waals surface area (Å²) in [5.41, 5.74) is 6.17. The maximum atomic E-state index is 14.1. The molecule has 1 aliphatic rings.